The Hall–Kier alpha value is -7.84. The molecule has 8 heteroatoms. The molecule has 90 heavy (non-hydrogen) atoms. The molecule has 12 rings (SSSR count). The minimum Gasteiger partial charge on any atom is -0.507 e. The van der Waals surface area contributed by atoms with Gasteiger partial charge in [-0.2, -0.15) is 0 Å². The zero-order valence-electron chi connectivity index (χ0n) is 56.2. The summed E-state index contributed by atoms with van der Waals surface area (Å²) in [6, 6.07) is 43.7. The first-order chi connectivity index (χ1) is 42.8. The van der Waals surface area contributed by atoms with E-state index in [4.69, 9.17) is 28.4 Å². The van der Waals surface area contributed by atoms with Crippen LogP contribution in [0.25, 0.3) is 0 Å². The molecule has 0 atom stereocenters. The van der Waals surface area contributed by atoms with Crippen molar-refractivity contribution in [2.45, 2.75) is 183 Å². The standard InChI is InChI=1S/C82H96O8/c1-15-29-85-75-59-39-63-47-69(81(9,10)11)49-65-41-61-45-68(80(6,7)8)46-62(76(61)86-30-16-2)42-66-50-70(82(12,13)14)48-64(40-60(75)44-67(43-59)79(3,4)5)78(66)90-34-32-88-74-57-27-20-28-58(74)38-54-24-18-22-52(72(54)84)36-56-26-19-25-55(73(56)87-31-33-89-77(63)65)35-51-21-17-23-53(37-57)71(51)83/h17-28,43-50,83-84H,15-16,29-42H2,1-14H3. The Labute approximate surface area is 536 Å². The molecule has 472 valence electrons. The Morgan fingerprint density at radius 1 is 0.300 bits per heavy atom. The number of hydrogen-bond donors (Lipinski definition) is 2. The Kier molecular flexibility index (Phi) is 18.3. The van der Waals surface area contributed by atoms with Gasteiger partial charge in [-0.3, -0.25) is 0 Å². The van der Waals surface area contributed by atoms with E-state index in [9.17, 15) is 10.2 Å². The molecule has 8 aromatic rings. The van der Waals surface area contributed by atoms with Gasteiger partial charge in [0.2, 0.25) is 0 Å². The zero-order valence-corrected chi connectivity index (χ0v) is 56.2. The fraction of sp³-hybridized carbons (Fsp3) is 0.415. The van der Waals surface area contributed by atoms with Crippen molar-refractivity contribution < 1.29 is 38.6 Å². The van der Waals surface area contributed by atoms with Gasteiger partial charge in [-0.1, -0.05) is 218 Å². The highest BCUT2D eigenvalue weighted by Gasteiger charge is 2.31. The average molecular weight is 1210 g/mol. The first-order valence-corrected chi connectivity index (χ1v) is 33.1. The van der Waals surface area contributed by atoms with E-state index in [-0.39, 0.29) is 59.6 Å². The number of hydrogen-bond acceptors (Lipinski definition) is 8. The molecular formula is C82H96O8. The van der Waals surface area contributed by atoms with E-state index in [0.29, 0.717) is 76.1 Å². The van der Waals surface area contributed by atoms with Gasteiger partial charge in [0.05, 0.1) is 13.2 Å². The molecule has 0 saturated heterocycles. The van der Waals surface area contributed by atoms with E-state index in [2.05, 4.69) is 182 Å². The highest BCUT2D eigenvalue weighted by Crippen LogP contribution is 2.46. The fourth-order valence-corrected chi connectivity index (χ4v) is 13.2. The molecule has 0 spiro atoms. The summed E-state index contributed by atoms with van der Waals surface area (Å²) >= 11 is 0. The van der Waals surface area contributed by atoms with Crippen LogP contribution < -0.4 is 28.4 Å². The van der Waals surface area contributed by atoms with Crippen LogP contribution in [0.2, 0.25) is 0 Å². The van der Waals surface area contributed by atoms with Crippen molar-refractivity contribution in [2.24, 2.45) is 0 Å². The molecule has 0 unspecified atom stereocenters. The van der Waals surface area contributed by atoms with Crippen molar-refractivity contribution >= 4 is 0 Å². The summed E-state index contributed by atoms with van der Waals surface area (Å²) in [7, 11) is 0. The van der Waals surface area contributed by atoms with Crippen molar-refractivity contribution in [3.05, 3.63) is 233 Å². The van der Waals surface area contributed by atoms with E-state index in [1.807, 2.05) is 36.4 Å². The lowest BCUT2D eigenvalue weighted by molar-refractivity contribution is 0.212. The number of aromatic hydroxyl groups is 2. The number of phenols is 2. The first kappa shape index (κ1) is 63.7. The van der Waals surface area contributed by atoms with Crippen LogP contribution in [0.15, 0.2) is 121 Å². The molecule has 4 aliphatic rings. The topological polar surface area (TPSA) is 95.8 Å². The molecule has 2 aliphatic heterocycles. The second-order valence-corrected chi connectivity index (χ2v) is 29.7. The van der Waals surface area contributed by atoms with E-state index in [0.717, 1.165) is 125 Å². The van der Waals surface area contributed by atoms with Crippen molar-refractivity contribution in [2.75, 3.05) is 39.6 Å². The third-order valence-corrected chi connectivity index (χ3v) is 18.3. The number of phenolic OH excluding ortho intramolecular Hbond substituents is 2. The number of para-hydroxylation sites is 4. The lowest BCUT2D eigenvalue weighted by atomic mass is 9.79. The summed E-state index contributed by atoms with van der Waals surface area (Å²) in [5, 5.41) is 24.7. The van der Waals surface area contributed by atoms with Crippen LogP contribution in [0.1, 0.15) is 221 Å². The second-order valence-electron chi connectivity index (χ2n) is 29.7. The second kappa shape index (κ2) is 25.8. The molecule has 0 fully saturated rings. The van der Waals surface area contributed by atoms with Crippen molar-refractivity contribution in [3.8, 4) is 46.0 Å². The molecule has 8 nitrogen and oxygen atoms in total. The number of rotatable bonds is 6. The van der Waals surface area contributed by atoms with Gasteiger partial charge >= 0.3 is 0 Å². The monoisotopic (exact) mass is 1210 g/mol. The van der Waals surface area contributed by atoms with Crippen LogP contribution in [0.5, 0.6) is 46.0 Å². The summed E-state index contributed by atoms with van der Waals surface area (Å²) in [6.07, 6.45) is 5.54. The quantitative estimate of drug-likeness (QED) is 0.170. The van der Waals surface area contributed by atoms with Crippen LogP contribution in [0.3, 0.4) is 0 Å². The Bertz CT molecular complexity index is 3510. The molecule has 0 radical (unpaired) electrons. The van der Waals surface area contributed by atoms with Crippen LogP contribution >= 0.6 is 0 Å². The van der Waals surface area contributed by atoms with Crippen LogP contribution in [0, 0.1) is 0 Å². The van der Waals surface area contributed by atoms with Gasteiger partial charge in [0.1, 0.15) is 72.4 Å². The SMILES string of the molecule is CCCOc1c2cc(C(C)(C)C)cc1Cc1cc(C(C)(C)C)cc3c1OCCOc1c4cccc1Cc1cccc(c1O)Cc1cccc(c1OCCOc1c(cc(C(C)(C)C)cc1Cc1cc(C(C)(C)C)cc(c1OCCC)C3)C2)Cc1cccc(c1O)C4. The maximum Gasteiger partial charge on any atom is 0.126 e. The molecule has 0 saturated carbocycles. The van der Waals surface area contributed by atoms with Crippen LogP contribution in [-0.4, -0.2) is 49.9 Å². The van der Waals surface area contributed by atoms with Gasteiger partial charge in [-0.25, -0.2) is 0 Å². The predicted molar refractivity (Wildman–Crippen MR) is 366 cm³/mol. The van der Waals surface area contributed by atoms with Gasteiger partial charge in [0.15, 0.2) is 0 Å². The molecule has 2 aliphatic carbocycles. The lowest BCUT2D eigenvalue weighted by Crippen LogP contribution is -2.19. The molecule has 8 aromatic carbocycles. The van der Waals surface area contributed by atoms with E-state index >= 15 is 0 Å². The maximum absolute atomic E-state index is 12.4. The molecule has 20 bridgehead atoms. The van der Waals surface area contributed by atoms with Crippen LogP contribution in [0.4, 0.5) is 0 Å². The summed E-state index contributed by atoms with van der Waals surface area (Å²) in [5.74, 6) is 5.40. The van der Waals surface area contributed by atoms with Crippen molar-refractivity contribution in [1.29, 1.82) is 0 Å². The Morgan fingerprint density at radius 2 is 0.500 bits per heavy atom. The van der Waals surface area contributed by atoms with Crippen molar-refractivity contribution in [3.63, 3.8) is 0 Å². The fourth-order valence-electron chi connectivity index (χ4n) is 13.2. The largest absolute Gasteiger partial charge is 0.507 e. The van der Waals surface area contributed by atoms with E-state index < -0.39 is 0 Å². The maximum atomic E-state index is 12.4. The number of fused-ring (bicyclic) bond motifs is 8. The highest BCUT2D eigenvalue weighted by atomic mass is 16.5. The van der Waals surface area contributed by atoms with E-state index in [1.54, 1.807) is 0 Å². The summed E-state index contributed by atoms with van der Waals surface area (Å²) in [5.41, 5.74) is 19.7. The normalized spacial score (nSPS) is 14.6. The molecule has 2 heterocycles. The predicted octanol–water partition coefficient (Wildman–Crippen LogP) is 18.4. The Balaban J connectivity index is 1.22. The summed E-state index contributed by atoms with van der Waals surface area (Å²) in [6.45, 7) is 34.1. The van der Waals surface area contributed by atoms with Gasteiger partial charge in [0, 0.05) is 51.4 Å². The smallest absolute Gasteiger partial charge is 0.126 e. The summed E-state index contributed by atoms with van der Waals surface area (Å²) < 4.78 is 43.6. The van der Waals surface area contributed by atoms with Crippen LogP contribution in [-0.2, 0) is 73.0 Å². The van der Waals surface area contributed by atoms with Gasteiger partial charge in [-0.05, 0) is 146 Å². The third-order valence-electron chi connectivity index (χ3n) is 18.3. The number of ether oxygens (including phenoxy) is 6. The molecule has 2 N–H and O–H groups in total. The zero-order chi connectivity index (χ0) is 63.9. The number of benzene rings is 8. The Morgan fingerprint density at radius 3 is 0.722 bits per heavy atom. The summed E-state index contributed by atoms with van der Waals surface area (Å²) in [4.78, 5) is 0. The van der Waals surface area contributed by atoms with Crippen molar-refractivity contribution in [1.82, 2.24) is 0 Å². The first-order valence-electron chi connectivity index (χ1n) is 33.1. The lowest BCUT2D eigenvalue weighted by Gasteiger charge is -2.29. The van der Waals surface area contributed by atoms with Gasteiger partial charge in [-0.15, -0.1) is 0 Å². The third kappa shape index (κ3) is 13.9. The van der Waals surface area contributed by atoms with Gasteiger partial charge in [0.25, 0.3) is 0 Å². The average Bonchev–Trinajstić information content (AvgIpc) is 1.05. The molecular weight excluding hydrogens is 1110 g/mol. The molecule has 0 amide bonds. The minimum atomic E-state index is -0.217. The highest BCUT2D eigenvalue weighted by molar-refractivity contribution is 5.61. The van der Waals surface area contributed by atoms with E-state index in [1.165, 1.54) is 22.3 Å². The minimum absolute atomic E-state index is 0.201. The molecule has 0 aromatic heterocycles. The van der Waals surface area contributed by atoms with Gasteiger partial charge < -0.3 is 38.6 Å².